The number of benzene rings is 1. The van der Waals surface area contributed by atoms with Crippen LogP contribution in [0.3, 0.4) is 0 Å². The molecule has 0 aromatic heterocycles. The van der Waals surface area contributed by atoms with E-state index in [1.165, 1.54) is 0 Å². The summed E-state index contributed by atoms with van der Waals surface area (Å²) in [5, 5.41) is 0.314. The zero-order chi connectivity index (χ0) is 15.5. The summed E-state index contributed by atoms with van der Waals surface area (Å²) in [6.45, 7) is 1.18. The molecule has 7 heteroatoms. The molecule has 1 aliphatic rings. The number of amides is 1. The SMILES string of the molecule is CS(=O)(=O)N(CC(=O)N1CCCCC1)c1ccccc1Cl. The van der Waals surface area contributed by atoms with Gasteiger partial charge in [-0.2, -0.15) is 0 Å². The van der Waals surface area contributed by atoms with E-state index in [0.717, 1.165) is 29.8 Å². The Morgan fingerprint density at radius 1 is 1.24 bits per heavy atom. The maximum absolute atomic E-state index is 12.3. The van der Waals surface area contributed by atoms with Crippen LogP contribution in [0.25, 0.3) is 0 Å². The van der Waals surface area contributed by atoms with Gasteiger partial charge in [-0.05, 0) is 31.4 Å². The van der Waals surface area contributed by atoms with Crippen molar-refractivity contribution in [2.45, 2.75) is 19.3 Å². The van der Waals surface area contributed by atoms with Gasteiger partial charge in [0.25, 0.3) is 0 Å². The fourth-order valence-electron chi connectivity index (χ4n) is 2.40. The lowest BCUT2D eigenvalue weighted by atomic mass is 10.1. The van der Waals surface area contributed by atoms with E-state index in [1.54, 1.807) is 29.2 Å². The van der Waals surface area contributed by atoms with Crippen LogP contribution in [0.5, 0.6) is 0 Å². The lowest BCUT2D eigenvalue weighted by Crippen LogP contribution is -2.44. The number of hydrogen-bond donors (Lipinski definition) is 0. The number of likely N-dealkylation sites (tertiary alicyclic amines) is 1. The Hall–Kier alpha value is -1.27. The summed E-state index contributed by atoms with van der Waals surface area (Å²) in [4.78, 5) is 14.0. The number of piperidine rings is 1. The minimum atomic E-state index is -3.57. The summed E-state index contributed by atoms with van der Waals surface area (Å²) in [6, 6.07) is 6.64. The van der Waals surface area contributed by atoms with Crippen molar-refractivity contribution in [3.05, 3.63) is 29.3 Å². The van der Waals surface area contributed by atoms with Crippen LogP contribution in [0, 0.1) is 0 Å². The Kier molecular flexibility index (Phi) is 5.11. The number of carbonyl (C=O) groups excluding carboxylic acids is 1. The molecule has 1 saturated heterocycles. The van der Waals surface area contributed by atoms with Crippen LogP contribution >= 0.6 is 11.6 Å². The lowest BCUT2D eigenvalue weighted by Gasteiger charge is -2.30. The van der Waals surface area contributed by atoms with Crippen molar-refractivity contribution < 1.29 is 13.2 Å². The van der Waals surface area contributed by atoms with Gasteiger partial charge in [-0.25, -0.2) is 8.42 Å². The minimum Gasteiger partial charge on any atom is -0.341 e. The summed E-state index contributed by atoms with van der Waals surface area (Å²) in [7, 11) is -3.57. The second kappa shape index (κ2) is 6.66. The first-order valence-corrected chi connectivity index (χ1v) is 9.12. The monoisotopic (exact) mass is 330 g/mol. The van der Waals surface area contributed by atoms with E-state index in [1.807, 2.05) is 0 Å². The van der Waals surface area contributed by atoms with Gasteiger partial charge in [-0.3, -0.25) is 9.10 Å². The van der Waals surface area contributed by atoms with E-state index in [9.17, 15) is 13.2 Å². The summed E-state index contributed by atoms with van der Waals surface area (Å²) in [5.41, 5.74) is 0.340. The molecule has 0 saturated carbocycles. The molecular weight excluding hydrogens is 312 g/mol. The van der Waals surface area contributed by atoms with Gasteiger partial charge in [0.2, 0.25) is 15.9 Å². The molecule has 0 N–H and O–H groups in total. The van der Waals surface area contributed by atoms with Gasteiger partial charge in [0.05, 0.1) is 17.0 Å². The average molecular weight is 331 g/mol. The second-order valence-electron chi connectivity index (χ2n) is 5.16. The summed E-state index contributed by atoms with van der Waals surface area (Å²) in [5.74, 6) is -0.181. The van der Waals surface area contributed by atoms with Crippen LogP contribution in [0.2, 0.25) is 5.02 Å². The van der Waals surface area contributed by atoms with Crippen LogP contribution < -0.4 is 4.31 Å². The Balaban J connectivity index is 2.22. The normalized spacial score (nSPS) is 15.8. The minimum absolute atomic E-state index is 0.181. The van der Waals surface area contributed by atoms with Crippen molar-refractivity contribution in [3.63, 3.8) is 0 Å². The van der Waals surface area contributed by atoms with Crippen LogP contribution in [0.4, 0.5) is 5.69 Å². The zero-order valence-electron chi connectivity index (χ0n) is 12.0. The largest absolute Gasteiger partial charge is 0.341 e. The lowest BCUT2D eigenvalue weighted by molar-refractivity contribution is -0.130. The molecule has 5 nitrogen and oxygen atoms in total. The number of halogens is 1. The van der Waals surface area contributed by atoms with E-state index in [0.29, 0.717) is 23.8 Å². The van der Waals surface area contributed by atoms with E-state index < -0.39 is 10.0 Å². The van der Waals surface area contributed by atoms with E-state index >= 15 is 0 Å². The number of carbonyl (C=O) groups is 1. The van der Waals surface area contributed by atoms with Crippen molar-refractivity contribution in [1.29, 1.82) is 0 Å². The molecule has 1 heterocycles. The standard InChI is InChI=1S/C14H19ClN2O3S/c1-21(19,20)17(13-8-4-3-7-12(13)15)11-14(18)16-9-5-2-6-10-16/h3-4,7-8H,2,5-6,9-11H2,1H3. The van der Waals surface area contributed by atoms with Crippen molar-refractivity contribution in [2.24, 2.45) is 0 Å². The van der Waals surface area contributed by atoms with Crippen molar-refractivity contribution in [3.8, 4) is 0 Å². The maximum atomic E-state index is 12.3. The number of nitrogens with zero attached hydrogens (tertiary/aromatic N) is 2. The molecule has 1 aromatic rings. The molecule has 0 atom stereocenters. The highest BCUT2D eigenvalue weighted by Gasteiger charge is 2.26. The van der Waals surface area contributed by atoms with Gasteiger partial charge in [-0.1, -0.05) is 23.7 Å². The van der Waals surface area contributed by atoms with Gasteiger partial charge in [0.1, 0.15) is 6.54 Å². The van der Waals surface area contributed by atoms with Gasteiger partial charge >= 0.3 is 0 Å². The predicted molar refractivity (Wildman–Crippen MR) is 84.1 cm³/mol. The van der Waals surface area contributed by atoms with E-state index in [-0.39, 0.29) is 12.5 Å². The number of para-hydroxylation sites is 1. The highest BCUT2D eigenvalue weighted by Crippen LogP contribution is 2.27. The first-order valence-electron chi connectivity index (χ1n) is 6.89. The molecule has 1 aromatic carbocycles. The average Bonchev–Trinajstić information content (AvgIpc) is 2.45. The summed E-state index contributed by atoms with van der Waals surface area (Å²) >= 11 is 6.06. The third kappa shape index (κ3) is 4.11. The molecule has 0 bridgehead atoms. The smallest absolute Gasteiger partial charge is 0.243 e. The number of anilines is 1. The molecule has 1 amide bonds. The highest BCUT2D eigenvalue weighted by atomic mass is 35.5. The van der Waals surface area contributed by atoms with Gasteiger partial charge in [-0.15, -0.1) is 0 Å². The zero-order valence-corrected chi connectivity index (χ0v) is 13.5. The summed E-state index contributed by atoms with van der Waals surface area (Å²) in [6.07, 6.45) is 4.14. The van der Waals surface area contributed by atoms with Crippen molar-refractivity contribution in [1.82, 2.24) is 4.90 Å². The molecule has 21 heavy (non-hydrogen) atoms. The van der Waals surface area contributed by atoms with Crippen LogP contribution in [-0.4, -0.2) is 45.1 Å². The Labute approximate surface area is 130 Å². The van der Waals surface area contributed by atoms with Crippen molar-refractivity contribution in [2.75, 3.05) is 30.2 Å². The van der Waals surface area contributed by atoms with Crippen LogP contribution in [0.1, 0.15) is 19.3 Å². The van der Waals surface area contributed by atoms with Crippen LogP contribution in [-0.2, 0) is 14.8 Å². The van der Waals surface area contributed by atoms with E-state index in [4.69, 9.17) is 11.6 Å². The molecule has 2 rings (SSSR count). The third-order valence-electron chi connectivity index (χ3n) is 3.51. The molecule has 1 fully saturated rings. The Bertz CT molecular complexity index is 612. The molecular formula is C14H19ClN2O3S. The molecule has 0 aliphatic carbocycles. The quantitative estimate of drug-likeness (QED) is 0.849. The predicted octanol–water partition coefficient (Wildman–Crippen LogP) is 2.12. The number of hydrogen-bond acceptors (Lipinski definition) is 3. The van der Waals surface area contributed by atoms with Gasteiger partial charge < -0.3 is 4.90 Å². The molecule has 1 aliphatic heterocycles. The van der Waals surface area contributed by atoms with Crippen molar-refractivity contribution >= 4 is 33.2 Å². The first kappa shape index (κ1) is 16.1. The maximum Gasteiger partial charge on any atom is 0.243 e. The number of sulfonamides is 1. The molecule has 116 valence electrons. The molecule has 0 spiro atoms. The van der Waals surface area contributed by atoms with Gasteiger partial charge in [0.15, 0.2) is 0 Å². The first-order chi connectivity index (χ1) is 9.89. The third-order valence-corrected chi connectivity index (χ3v) is 4.96. The molecule has 0 radical (unpaired) electrons. The Morgan fingerprint density at radius 2 is 1.86 bits per heavy atom. The number of rotatable bonds is 4. The van der Waals surface area contributed by atoms with Crippen LogP contribution in [0.15, 0.2) is 24.3 Å². The Morgan fingerprint density at radius 3 is 2.43 bits per heavy atom. The van der Waals surface area contributed by atoms with Gasteiger partial charge in [0, 0.05) is 13.1 Å². The molecule has 0 unspecified atom stereocenters. The fraction of sp³-hybridized carbons (Fsp3) is 0.500. The highest BCUT2D eigenvalue weighted by molar-refractivity contribution is 7.92. The topological polar surface area (TPSA) is 57.7 Å². The fourth-order valence-corrected chi connectivity index (χ4v) is 3.55. The second-order valence-corrected chi connectivity index (χ2v) is 7.48. The van der Waals surface area contributed by atoms with E-state index in [2.05, 4.69) is 0 Å². The summed E-state index contributed by atoms with van der Waals surface area (Å²) < 4.78 is 25.1.